The van der Waals surface area contributed by atoms with Crippen molar-refractivity contribution in [2.24, 2.45) is 0 Å². The van der Waals surface area contributed by atoms with Crippen LogP contribution in [0.3, 0.4) is 0 Å². The van der Waals surface area contributed by atoms with E-state index < -0.39 is 5.82 Å². The minimum Gasteiger partial charge on any atom is -0.455 e. The van der Waals surface area contributed by atoms with Crippen LogP contribution in [0.25, 0.3) is 0 Å². The van der Waals surface area contributed by atoms with Crippen molar-refractivity contribution in [3.8, 4) is 11.5 Å². The minimum atomic E-state index is -0.400. The molecule has 88 valence electrons. The van der Waals surface area contributed by atoms with Crippen LogP contribution in [0.2, 0.25) is 0 Å². The molecule has 0 saturated heterocycles. The van der Waals surface area contributed by atoms with Gasteiger partial charge in [-0.3, -0.25) is 0 Å². The summed E-state index contributed by atoms with van der Waals surface area (Å²) in [6, 6.07) is 10.3. The molecule has 0 heterocycles. The lowest BCUT2D eigenvalue weighted by molar-refractivity contribution is 0.475. The number of aryl methyl sites for hydroxylation is 1. The van der Waals surface area contributed by atoms with Gasteiger partial charge in [0, 0.05) is 6.07 Å². The quantitative estimate of drug-likeness (QED) is 0.840. The average Bonchev–Trinajstić information content (AvgIpc) is 2.29. The van der Waals surface area contributed by atoms with Gasteiger partial charge in [0.2, 0.25) is 0 Å². The molecule has 2 nitrogen and oxygen atoms in total. The number of benzene rings is 2. The molecule has 2 aromatic carbocycles. The SMILES string of the molecule is Cc1ccccc1Oc1cc(F)c(Br)cc1N. The number of hydrogen-bond donors (Lipinski definition) is 1. The maximum absolute atomic E-state index is 13.4. The number of nitrogens with two attached hydrogens (primary N) is 1. The molecule has 0 aromatic heterocycles. The monoisotopic (exact) mass is 295 g/mol. The van der Waals surface area contributed by atoms with Gasteiger partial charge in [0.1, 0.15) is 11.6 Å². The Labute approximate surface area is 107 Å². The van der Waals surface area contributed by atoms with Crippen molar-refractivity contribution in [1.82, 2.24) is 0 Å². The van der Waals surface area contributed by atoms with Crippen molar-refractivity contribution >= 4 is 21.6 Å². The molecule has 0 spiro atoms. The highest BCUT2D eigenvalue weighted by Gasteiger charge is 2.09. The zero-order valence-electron chi connectivity index (χ0n) is 9.21. The highest BCUT2D eigenvalue weighted by molar-refractivity contribution is 9.10. The van der Waals surface area contributed by atoms with Gasteiger partial charge in [-0.15, -0.1) is 0 Å². The third-order valence-electron chi connectivity index (χ3n) is 2.37. The molecule has 0 aliphatic heterocycles. The van der Waals surface area contributed by atoms with Crippen molar-refractivity contribution in [3.05, 3.63) is 52.3 Å². The lowest BCUT2D eigenvalue weighted by Gasteiger charge is -2.11. The van der Waals surface area contributed by atoms with E-state index in [2.05, 4.69) is 15.9 Å². The van der Waals surface area contributed by atoms with Crippen molar-refractivity contribution in [2.75, 3.05) is 5.73 Å². The van der Waals surface area contributed by atoms with Crippen LogP contribution in [0, 0.1) is 12.7 Å². The van der Waals surface area contributed by atoms with Crippen LogP contribution in [0.5, 0.6) is 11.5 Å². The van der Waals surface area contributed by atoms with E-state index in [4.69, 9.17) is 10.5 Å². The molecule has 0 radical (unpaired) electrons. The number of rotatable bonds is 2. The van der Waals surface area contributed by atoms with Crippen molar-refractivity contribution in [1.29, 1.82) is 0 Å². The van der Waals surface area contributed by atoms with E-state index in [-0.39, 0.29) is 0 Å². The van der Waals surface area contributed by atoms with Gasteiger partial charge >= 0.3 is 0 Å². The molecular formula is C13H11BrFNO. The Balaban J connectivity index is 2.37. The molecule has 17 heavy (non-hydrogen) atoms. The molecule has 0 fully saturated rings. The van der Waals surface area contributed by atoms with Gasteiger partial charge in [0.15, 0.2) is 5.75 Å². The van der Waals surface area contributed by atoms with Crippen LogP contribution in [-0.4, -0.2) is 0 Å². The van der Waals surface area contributed by atoms with Crippen molar-refractivity contribution < 1.29 is 9.13 Å². The number of hydrogen-bond acceptors (Lipinski definition) is 2. The lowest BCUT2D eigenvalue weighted by Crippen LogP contribution is -1.95. The number of halogens is 2. The molecule has 0 unspecified atom stereocenters. The van der Waals surface area contributed by atoms with Crippen LogP contribution < -0.4 is 10.5 Å². The number of para-hydroxylation sites is 1. The highest BCUT2D eigenvalue weighted by atomic mass is 79.9. The van der Waals surface area contributed by atoms with Crippen LogP contribution in [0.1, 0.15) is 5.56 Å². The molecule has 4 heteroatoms. The summed E-state index contributed by atoms with van der Waals surface area (Å²) in [5.74, 6) is 0.587. The van der Waals surface area contributed by atoms with E-state index >= 15 is 0 Å². The van der Waals surface area contributed by atoms with Crippen molar-refractivity contribution in [2.45, 2.75) is 6.92 Å². The third kappa shape index (κ3) is 2.58. The van der Waals surface area contributed by atoms with E-state index in [0.29, 0.717) is 21.7 Å². The van der Waals surface area contributed by atoms with Gasteiger partial charge in [-0.25, -0.2) is 4.39 Å². The summed E-state index contributed by atoms with van der Waals surface area (Å²) in [6.07, 6.45) is 0. The fraction of sp³-hybridized carbons (Fsp3) is 0.0769. The van der Waals surface area contributed by atoms with Crippen LogP contribution in [-0.2, 0) is 0 Å². The zero-order chi connectivity index (χ0) is 12.4. The first-order valence-corrected chi connectivity index (χ1v) is 5.85. The first-order valence-electron chi connectivity index (χ1n) is 5.06. The zero-order valence-corrected chi connectivity index (χ0v) is 10.8. The predicted molar refractivity (Wildman–Crippen MR) is 69.8 cm³/mol. The second kappa shape index (κ2) is 4.75. The Morgan fingerprint density at radius 3 is 2.59 bits per heavy atom. The van der Waals surface area contributed by atoms with E-state index in [1.807, 2.05) is 31.2 Å². The van der Waals surface area contributed by atoms with Gasteiger partial charge < -0.3 is 10.5 Å². The highest BCUT2D eigenvalue weighted by Crippen LogP contribution is 2.33. The van der Waals surface area contributed by atoms with Gasteiger partial charge in [-0.2, -0.15) is 0 Å². The molecule has 0 amide bonds. The Morgan fingerprint density at radius 1 is 1.18 bits per heavy atom. The predicted octanol–water partition coefficient (Wildman–Crippen LogP) is 4.27. The van der Waals surface area contributed by atoms with Gasteiger partial charge in [-0.1, -0.05) is 18.2 Å². The lowest BCUT2D eigenvalue weighted by atomic mass is 10.2. The van der Waals surface area contributed by atoms with E-state index in [1.165, 1.54) is 12.1 Å². The van der Waals surface area contributed by atoms with Crippen LogP contribution in [0.4, 0.5) is 10.1 Å². The Hall–Kier alpha value is -1.55. The first kappa shape index (κ1) is 11.9. The largest absolute Gasteiger partial charge is 0.455 e. The molecule has 0 atom stereocenters. The summed E-state index contributed by atoms with van der Waals surface area (Å²) in [6.45, 7) is 1.92. The Morgan fingerprint density at radius 2 is 1.88 bits per heavy atom. The number of anilines is 1. The third-order valence-corrected chi connectivity index (χ3v) is 2.97. The molecular weight excluding hydrogens is 285 g/mol. The standard InChI is InChI=1S/C13H11BrFNO/c1-8-4-2-3-5-12(8)17-13-7-10(15)9(14)6-11(13)16/h2-7H,16H2,1H3. The molecule has 0 saturated carbocycles. The normalized spacial score (nSPS) is 10.3. The average molecular weight is 296 g/mol. The van der Waals surface area contributed by atoms with Crippen LogP contribution >= 0.6 is 15.9 Å². The summed E-state index contributed by atoms with van der Waals surface area (Å²) in [7, 11) is 0. The second-order valence-corrected chi connectivity index (χ2v) is 4.53. The fourth-order valence-electron chi connectivity index (χ4n) is 1.42. The smallest absolute Gasteiger partial charge is 0.153 e. The topological polar surface area (TPSA) is 35.2 Å². The summed E-state index contributed by atoms with van der Waals surface area (Å²) in [5.41, 5.74) is 7.12. The van der Waals surface area contributed by atoms with E-state index in [1.54, 1.807) is 0 Å². The van der Waals surface area contributed by atoms with Gasteiger partial charge in [0.25, 0.3) is 0 Å². The molecule has 0 aliphatic rings. The number of ether oxygens (including phenoxy) is 1. The first-order chi connectivity index (χ1) is 8.08. The van der Waals surface area contributed by atoms with E-state index in [9.17, 15) is 4.39 Å². The maximum Gasteiger partial charge on any atom is 0.153 e. The summed E-state index contributed by atoms with van der Waals surface area (Å²) >= 11 is 3.07. The van der Waals surface area contributed by atoms with E-state index in [0.717, 1.165) is 5.56 Å². The van der Waals surface area contributed by atoms with Crippen molar-refractivity contribution in [3.63, 3.8) is 0 Å². The Kier molecular flexibility index (Phi) is 3.33. The van der Waals surface area contributed by atoms with Crippen LogP contribution in [0.15, 0.2) is 40.9 Å². The number of nitrogen functional groups attached to an aromatic ring is 1. The summed E-state index contributed by atoms with van der Waals surface area (Å²) in [4.78, 5) is 0. The molecule has 0 bridgehead atoms. The maximum atomic E-state index is 13.4. The molecule has 2 rings (SSSR count). The van der Waals surface area contributed by atoms with Gasteiger partial charge in [-0.05, 0) is 40.5 Å². The summed E-state index contributed by atoms with van der Waals surface area (Å²) in [5, 5.41) is 0. The molecule has 2 N–H and O–H groups in total. The molecule has 0 aliphatic carbocycles. The second-order valence-electron chi connectivity index (χ2n) is 3.67. The van der Waals surface area contributed by atoms with Gasteiger partial charge in [0.05, 0.1) is 10.2 Å². The molecule has 2 aromatic rings. The summed E-state index contributed by atoms with van der Waals surface area (Å²) < 4.78 is 19.3. The Bertz CT molecular complexity index is 557. The fourth-order valence-corrected chi connectivity index (χ4v) is 1.78. The minimum absolute atomic E-state index is 0.319.